The van der Waals surface area contributed by atoms with Gasteiger partial charge in [-0.3, -0.25) is 0 Å². The summed E-state index contributed by atoms with van der Waals surface area (Å²) in [5, 5.41) is 8.68. The van der Waals surface area contributed by atoms with Crippen molar-refractivity contribution < 1.29 is 5.11 Å². The Morgan fingerprint density at radius 2 is 2.29 bits per heavy atom. The van der Waals surface area contributed by atoms with E-state index in [2.05, 4.69) is 6.92 Å². The van der Waals surface area contributed by atoms with Crippen molar-refractivity contribution >= 4 is 7.28 Å². The maximum atomic E-state index is 8.68. The van der Waals surface area contributed by atoms with E-state index in [1.54, 1.807) is 0 Å². The van der Waals surface area contributed by atoms with Crippen molar-refractivity contribution in [3.8, 4) is 0 Å². The van der Waals surface area contributed by atoms with Gasteiger partial charge in [0.05, 0.1) is 0 Å². The second-order valence-electron chi connectivity index (χ2n) is 1.99. The molecular formula is C5H13BO. The van der Waals surface area contributed by atoms with Gasteiger partial charge in [0.25, 0.3) is 0 Å². The molecule has 0 aliphatic carbocycles. The smallest absolute Gasteiger partial charge is 0.156 e. The van der Waals surface area contributed by atoms with Crippen LogP contribution in [0.5, 0.6) is 0 Å². The zero-order chi connectivity index (χ0) is 5.70. The molecule has 2 heteroatoms. The van der Waals surface area contributed by atoms with E-state index in [4.69, 9.17) is 5.11 Å². The van der Waals surface area contributed by atoms with Crippen molar-refractivity contribution in [1.82, 2.24) is 0 Å². The quantitative estimate of drug-likeness (QED) is 0.514. The lowest BCUT2D eigenvalue weighted by molar-refractivity contribution is 0.272. The molecule has 0 radical (unpaired) electrons. The summed E-state index contributed by atoms with van der Waals surface area (Å²) >= 11 is 0. The maximum Gasteiger partial charge on any atom is 0.156 e. The molecule has 0 rings (SSSR count). The minimum atomic E-state index is -0.0973. The van der Waals surface area contributed by atoms with Crippen molar-refractivity contribution in [1.29, 1.82) is 0 Å². The van der Waals surface area contributed by atoms with Crippen LogP contribution in [0.2, 0.25) is 6.32 Å². The van der Waals surface area contributed by atoms with Crippen LogP contribution in [-0.2, 0) is 0 Å². The third kappa shape index (κ3) is 6.02. The van der Waals surface area contributed by atoms with Gasteiger partial charge in [-0.05, 0) is 6.92 Å². The van der Waals surface area contributed by atoms with Crippen LogP contribution in [0.25, 0.3) is 0 Å². The molecule has 1 nitrogen and oxygen atoms in total. The predicted molar refractivity (Wildman–Crippen MR) is 33.9 cm³/mol. The molecular weight excluding hydrogens is 86.9 g/mol. The Bertz CT molecular complexity index is 37.1. The first kappa shape index (κ1) is 7.02. The Hall–Kier alpha value is 0.0249. The van der Waals surface area contributed by atoms with Crippen LogP contribution in [0, 0.1) is 0 Å². The molecule has 0 saturated heterocycles. The molecule has 0 amide bonds. The van der Waals surface area contributed by atoms with Gasteiger partial charge in [-0.1, -0.05) is 19.7 Å². The van der Waals surface area contributed by atoms with E-state index in [-0.39, 0.29) is 6.00 Å². The molecule has 0 bridgehead atoms. The summed E-state index contributed by atoms with van der Waals surface area (Å²) in [6.07, 6.45) is 2.34. The molecule has 0 fully saturated rings. The molecule has 0 aromatic heterocycles. The van der Waals surface area contributed by atoms with Gasteiger partial charge in [0.15, 0.2) is 7.28 Å². The summed E-state index contributed by atoms with van der Waals surface area (Å²) in [6.45, 7) is 3.96. The monoisotopic (exact) mass is 100 g/mol. The van der Waals surface area contributed by atoms with Crippen LogP contribution in [0.15, 0.2) is 0 Å². The second-order valence-corrected chi connectivity index (χ2v) is 1.99. The van der Waals surface area contributed by atoms with Gasteiger partial charge < -0.3 is 5.11 Å². The lowest BCUT2D eigenvalue weighted by Gasteiger charge is -1.95. The first-order valence-corrected chi connectivity index (χ1v) is 2.95. The minimum Gasteiger partial charge on any atom is -0.402 e. The van der Waals surface area contributed by atoms with Crippen LogP contribution < -0.4 is 0 Å². The number of hydrogen-bond acceptors (Lipinski definition) is 1. The third-order valence-electron chi connectivity index (χ3n) is 0.975. The van der Waals surface area contributed by atoms with Crippen molar-refractivity contribution in [2.24, 2.45) is 0 Å². The largest absolute Gasteiger partial charge is 0.402 e. The van der Waals surface area contributed by atoms with E-state index in [0.29, 0.717) is 0 Å². The third-order valence-corrected chi connectivity index (χ3v) is 0.975. The Morgan fingerprint density at radius 3 is 2.43 bits per heavy atom. The zero-order valence-corrected chi connectivity index (χ0v) is 5.15. The van der Waals surface area contributed by atoms with Gasteiger partial charge in [0, 0.05) is 6.00 Å². The summed E-state index contributed by atoms with van der Waals surface area (Å²) in [5.74, 6) is 0. The van der Waals surface area contributed by atoms with E-state index in [0.717, 1.165) is 13.6 Å². The van der Waals surface area contributed by atoms with Crippen LogP contribution in [-0.4, -0.2) is 18.4 Å². The van der Waals surface area contributed by atoms with Crippen LogP contribution in [0.3, 0.4) is 0 Å². The molecule has 0 unspecified atom stereocenters. The SMILES string of the molecule is CCCB[C@H](C)O. The first-order chi connectivity index (χ1) is 3.27. The summed E-state index contributed by atoms with van der Waals surface area (Å²) in [7, 11) is 0.955. The van der Waals surface area contributed by atoms with Gasteiger partial charge in [0.2, 0.25) is 0 Å². The Morgan fingerprint density at radius 1 is 1.71 bits per heavy atom. The number of aliphatic hydroxyl groups excluding tert-OH is 1. The highest BCUT2D eigenvalue weighted by Crippen LogP contribution is 1.87. The minimum absolute atomic E-state index is 0.0973. The van der Waals surface area contributed by atoms with Gasteiger partial charge in [-0.15, -0.1) is 0 Å². The van der Waals surface area contributed by atoms with E-state index >= 15 is 0 Å². The Balaban J connectivity index is 2.68. The topological polar surface area (TPSA) is 20.2 Å². The number of hydrogen-bond donors (Lipinski definition) is 1. The molecule has 1 N–H and O–H groups in total. The van der Waals surface area contributed by atoms with Crippen molar-refractivity contribution in [2.45, 2.75) is 32.6 Å². The van der Waals surface area contributed by atoms with Crippen molar-refractivity contribution in [3.63, 3.8) is 0 Å². The normalized spacial score (nSPS) is 13.6. The van der Waals surface area contributed by atoms with Gasteiger partial charge in [-0.25, -0.2) is 0 Å². The van der Waals surface area contributed by atoms with Crippen LogP contribution in [0.4, 0.5) is 0 Å². The first-order valence-electron chi connectivity index (χ1n) is 2.95. The Kier molecular flexibility index (Phi) is 4.21. The fraction of sp³-hybridized carbons (Fsp3) is 1.00. The van der Waals surface area contributed by atoms with Gasteiger partial charge in [0.1, 0.15) is 0 Å². The second kappa shape index (κ2) is 4.19. The molecule has 0 saturated carbocycles. The molecule has 0 heterocycles. The highest BCUT2D eigenvalue weighted by atomic mass is 16.3. The van der Waals surface area contributed by atoms with Crippen molar-refractivity contribution in [2.75, 3.05) is 0 Å². The molecule has 0 spiro atoms. The van der Waals surface area contributed by atoms with E-state index in [1.807, 2.05) is 6.92 Å². The summed E-state index contributed by atoms with van der Waals surface area (Å²) in [6, 6.07) is -0.0973. The van der Waals surface area contributed by atoms with E-state index in [9.17, 15) is 0 Å². The molecule has 0 aliphatic rings. The average molecular weight is 100.0 g/mol. The molecule has 0 aromatic rings. The van der Waals surface area contributed by atoms with E-state index < -0.39 is 0 Å². The number of aliphatic hydroxyl groups is 1. The average Bonchev–Trinajstić information content (AvgIpc) is 1.61. The fourth-order valence-corrected chi connectivity index (χ4v) is 0.500. The molecule has 7 heavy (non-hydrogen) atoms. The van der Waals surface area contributed by atoms with Gasteiger partial charge >= 0.3 is 0 Å². The highest BCUT2D eigenvalue weighted by Gasteiger charge is 1.93. The highest BCUT2D eigenvalue weighted by molar-refractivity contribution is 6.36. The molecule has 0 aliphatic heterocycles. The fourth-order valence-electron chi connectivity index (χ4n) is 0.500. The lowest BCUT2D eigenvalue weighted by Crippen LogP contribution is -2.09. The zero-order valence-electron chi connectivity index (χ0n) is 5.15. The standard InChI is InChI=1S/C5H13BO/c1-3-4-6-5(2)7/h5-7H,3-4H2,1-2H3/t5-/m0/s1. The molecule has 1 atom stereocenters. The van der Waals surface area contributed by atoms with Gasteiger partial charge in [-0.2, -0.15) is 0 Å². The molecule has 0 aromatic carbocycles. The molecule has 42 valence electrons. The van der Waals surface area contributed by atoms with E-state index in [1.165, 1.54) is 6.42 Å². The van der Waals surface area contributed by atoms with Crippen molar-refractivity contribution in [3.05, 3.63) is 0 Å². The Labute approximate surface area is 46.0 Å². The maximum absolute atomic E-state index is 8.68. The summed E-state index contributed by atoms with van der Waals surface area (Å²) in [4.78, 5) is 0. The van der Waals surface area contributed by atoms with Crippen LogP contribution >= 0.6 is 0 Å². The number of rotatable bonds is 3. The summed E-state index contributed by atoms with van der Waals surface area (Å²) in [5.41, 5.74) is 0. The van der Waals surface area contributed by atoms with Crippen LogP contribution in [0.1, 0.15) is 20.3 Å². The summed E-state index contributed by atoms with van der Waals surface area (Å²) < 4.78 is 0. The lowest BCUT2D eigenvalue weighted by atomic mass is 9.68. The predicted octanol–water partition coefficient (Wildman–Crippen LogP) is 0.589.